The van der Waals surface area contributed by atoms with E-state index >= 15 is 0 Å². The fourth-order valence-corrected chi connectivity index (χ4v) is 4.72. The highest BCUT2D eigenvalue weighted by molar-refractivity contribution is 7.99. The maximum atomic E-state index is 12.5. The predicted octanol–water partition coefficient (Wildman–Crippen LogP) is 4.57. The van der Waals surface area contributed by atoms with Crippen molar-refractivity contribution in [3.8, 4) is 5.75 Å². The number of para-hydroxylation sites is 1. The summed E-state index contributed by atoms with van der Waals surface area (Å²) in [7, 11) is 1.61. The third-order valence-corrected chi connectivity index (χ3v) is 7.29. The summed E-state index contributed by atoms with van der Waals surface area (Å²) in [4.78, 5) is 27.0. The van der Waals surface area contributed by atoms with Crippen LogP contribution in [0.15, 0.2) is 52.3 Å². The smallest absolute Gasteiger partial charge is 0.323 e. The van der Waals surface area contributed by atoms with Gasteiger partial charge in [0.15, 0.2) is 0 Å². The fourth-order valence-electron chi connectivity index (χ4n) is 3.18. The van der Waals surface area contributed by atoms with Crippen LogP contribution in [0, 0.1) is 0 Å². The molecule has 1 aliphatic rings. The lowest BCUT2D eigenvalue weighted by molar-refractivity contribution is -0.146. The number of methoxy groups -OCH3 is 1. The molecule has 1 aliphatic heterocycles. The van der Waals surface area contributed by atoms with Gasteiger partial charge in [0.25, 0.3) is 0 Å². The molecule has 0 bridgehead atoms. The number of carbonyl (C=O) groups is 2. The zero-order valence-electron chi connectivity index (χ0n) is 16.8. The number of hydrogen-bond donors (Lipinski definition) is 2. The number of halogens is 2. The Kier molecular flexibility index (Phi) is 7.54. The molecule has 0 radical (unpaired) electrons. The van der Waals surface area contributed by atoms with Crippen molar-refractivity contribution in [3.63, 3.8) is 0 Å². The molecule has 0 saturated carbocycles. The van der Waals surface area contributed by atoms with Crippen LogP contribution in [0.2, 0.25) is 10.0 Å². The third kappa shape index (κ3) is 5.36. The van der Waals surface area contributed by atoms with Crippen LogP contribution in [-0.4, -0.2) is 47.6 Å². The molecule has 0 aromatic heterocycles. The molecule has 6 nitrogen and oxygen atoms in total. The maximum absolute atomic E-state index is 12.5. The number of benzene rings is 2. The molecule has 1 fully saturated rings. The molecule has 3 N–H and O–H groups in total. The van der Waals surface area contributed by atoms with Gasteiger partial charge in [-0.25, -0.2) is 0 Å². The Bertz CT molecular complexity index is 1020. The lowest BCUT2D eigenvalue weighted by Crippen LogP contribution is -2.56. The third-order valence-electron chi connectivity index (χ3n) is 5.16. The number of carbonyl (C=O) groups excluding carboxylic acids is 1. The molecule has 1 heterocycles. The number of nitrogens with two attached hydrogens (primary N) is 1. The Morgan fingerprint density at radius 2 is 1.81 bits per heavy atom. The zero-order chi connectivity index (χ0) is 22.6. The van der Waals surface area contributed by atoms with E-state index in [2.05, 4.69) is 0 Å². The van der Waals surface area contributed by atoms with Gasteiger partial charge >= 0.3 is 5.97 Å². The summed E-state index contributed by atoms with van der Waals surface area (Å²) in [5.74, 6) is -0.532. The second-order valence-corrected chi connectivity index (χ2v) is 8.99. The number of carboxylic acid groups (broad SMARTS) is 1. The highest BCUT2D eigenvalue weighted by atomic mass is 35.5. The van der Waals surface area contributed by atoms with Crippen LogP contribution in [0.25, 0.3) is 6.08 Å². The molecule has 0 spiro atoms. The first kappa shape index (κ1) is 23.5. The van der Waals surface area contributed by atoms with Crippen LogP contribution in [0.1, 0.15) is 18.4 Å². The van der Waals surface area contributed by atoms with Gasteiger partial charge in [-0.1, -0.05) is 53.2 Å². The van der Waals surface area contributed by atoms with E-state index in [-0.39, 0.29) is 31.8 Å². The minimum absolute atomic E-state index is 0.212. The largest absolute Gasteiger partial charge is 0.496 e. The maximum Gasteiger partial charge on any atom is 0.323 e. The van der Waals surface area contributed by atoms with Crippen molar-refractivity contribution < 1.29 is 19.4 Å². The molecular formula is C22H22Cl2N2O4S. The van der Waals surface area contributed by atoms with Gasteiger partial charge in [-0.2, -0.15) is 0 Å². The van der Waals surface area contributed by atoms with E-state index in [4.69, 9.17) is 33.7 Å². The van der Waals surface area contributed by atoms with Crippen LogP contribution in [0.5, 0.6) is 5.75 Å². The summed E-state index contributed by atoms with van der Waals surface area (Å²) >= 11 is 14.4. The molecule has 31 heavy (non-hydrogen) atoms. The Balaban J connectivity index is 1.70. The van der Waals surface area contributed by atoms with Gasteiger partial charge in [-0.15, -0.1) is 0 Å². The molecule has 2 aromatic carbocycles. The molecule has 2 aromatic rings. The Hall–Kier alpha value is -2.19. The molecule has 0 unspecified atom stereocenters. The van der Waals surface area contributed by atoms with Gasteiger partial charge in [0.05, 0.1) is 22.1 Å². The van der Waals surface area contributed by atoms with Gasteiger partial charge in [0, 0.05) is 24.1 Å². The quantitative estimate of drug-likeness (QED) is 0.588. The van der Waals surface area contributed by atoms with E-state index in [0.717, 1.165) is 15.5 Å². The van der Waals surface area contributed by atoms with E-state index in [1.165, 1.54) is 17.8 Å². The SMILES string of the molecule is COc1ccccc1Sc1ccc(C=CC(=O)N2CCC(N)(C(=O)O)CC2)c(Cl)c1Cl. The first-order valence-electron chi connectivity index (χ1n) is 9.53. The number of hydrogen-bond acceptors (Lipinski definition) is 5. The molecular weight excluding hydrogens is 459 g/mol. The fraction of sp³-hybridized carbons (Fsp3) is 0.273. The summed E-state index contributed by atoms with van der Waals surface area (Å²) in [5.41, 5.74) is 5.20. The van der Waals surface area contributed by atoms with Crippen molar-refractivity contribution in [1.82, 2.24) is 4.90 Å². The summed E-state index contributed by atoms with van der Waals surface area (Å²) in [6, 6.07) is 11.2. The second-order valence-electron chi connectivity index (χ2n) is 7.15. The highest BCUT2D eigenvalue weighted by Gasteiger charge is 2.38. The monoisotopic (exact) mass is 480 g/mol. The van der Waals surface area contributed by atoms with Crippen molar-refractivity contribution in [1.29, 1.82) is 0 Å². The molecule has 0 atom stereocenters. The van der Waals surface area contributed by atoms with E-state index in [1.54, 1.807) is 24.2 Å². The number of rotatable bonds is 6. The number of carboxylic acids is 1. The van der Waals surface area contributed by atoms with Gasteiger partial charge < -0.3 is 20.5 Å². The number of ether oxygens (including phenoxy) is 1. The first-order valence-corrected chi connectivity index (χ1v) is 11.1. The summed E-state index contributed by atoms with van der Waals surface area (Å²) < 4.78 is 5.37. The van der Waals surface area contributed by atoms with Crippen molar-refractivity contribution in [3.05, 3.63) is 58.1 Å². The number of likely N-dealkylation sites (tertiary alicyclic amines) is 1. The van der Waals surface area contributed by atoms with Crippen LogP contribution in [0.3, 0.4) is 0 Å². The first-order chi connectivity index (χ1) is 14.7. The van der Waals surface area contributed by atoms with Gasteiger partial charge in [-0.05, 0) is 42.7 Å². The number of aliphatic carboxylic acids is 1. The predicted molar refractivity (Wildman–Crippen MR) is 123 cm³/mol. The Morgan fingerprint density at radius 1 is 1.13 bits per heavy atom. The normalized spacial score (nSPS) is 15.8. The summed E-state index contributed by atoms with van der Waals surface area (Å²) in [6.07, 6.45) is 3.44. The van der Waals surface area contributed by atoms with Crippen molar-refractivity contribution >= 4 is 52.9 Å². The average molecular weight is 481 g/mol. The molecule has 3 rings (SSSR count). The lowest BCUT2D eigenvalue weighted by Gasteiger charge is -2.35. The number of nitrogens with zero attached hydrogens (tertiary/aromatic N) is 1. The van der Waals surface area contributed by atoms with Gasteiger partial charge in [-0.3, -0.25) is 9.59 Å². The zero-order valence-corrected chi connectivity index (χ0v) is 19.1. The van der Waals surface area contributed by atoms with Crippen LogP contribution in [-0.2, 0) is 9.59 Å². The van der Waals surface area contributed by atoms with E-state index in [0.29, 0.717) is 15.6 Å². The molecule has 9 heteroatoms. The van der Waals surface area contributed by atoms with E-state index in [9.17, 15) is 14.7 Å². The lowest BCUT2D eigenvalue weighted by atomic mass is 9.89. The Morgan fingerprint density at radius 3 is 2.45 bits per heavy atom. The molecule has 1 amide bonds. The number of piperidine rings is 1. The Labute approximate surface area is 195 Å². The van der Waals surface area contributed by atoms with E-state index in [1.807, 2.05) is 30.3 Å². The van der Waals surface area contributed by atoms with Gasteiger partial charge in [0.1, 0.15) is 11.3 Å². The van der Waals surface area contributed by atoms with Crippen molar-refractivity contribution in [2.45, 2.75) is 28.2 Å². The van der Waals surface area contributed by atoms with Gasteiger partial charge in [0.2, 0.25) is 5.91 Å². The molecule has 164 valence electrons. The average Bonchev–Trinajstić information content (AvgIpc) is 2.77. The summed E-state index contributed by atoms with van der Waals surface area (Å²) in [6.45, 7) is 0.573. The molecule has 0 aliphatic carbocycles. The van der Waals surface area contributed by atoms with E-state index < -0.39 is 11.5 Å². The van der Waals surface area contributed by atoms with Crippen molar-refractivity contribution in [2.24, 2.45) is 5.73 Å². The highest BCUT2D eigenvalue weighted by Crippen LogP contribution is 2.42. The summed E-state index contributed by atoms with van der Waals surface area (Å²) in [5, 5.41) is 9.93. The van der Waals surface area contributed by atoms with Crippen molar-refractivity contribution in [2.75, 3.05) is 20.2 Å². The molecule has 1 saturated heterocycles. The van der Waals surface area contributed by atoms with Crippen LogP contribution >= 0.6 is 35.0 Å². The number of amides is 1. The minimum atomic E-state index is -1.27. The van der Waals surface area contributed by atoms with Crippen LogP contribution in [0.4, 0.5) is 0 Å². The minimum Gasteiger partial charge on any atom is -0.496 e. The second kappa shape index (κ2) is 9.96. The van der Waals surface area contributed by atoms with Crippen LogP contribution < -0.4 is 10.5 Å². The standard InChI is InChI=1S/C22H22Cl2N2O4S/c1-30-15-4-2-3-5-16(15)31-17-8-6-14(19(23)20(17)24)7-9-18(27)26-12-10-22(25,11-13-26)21(28)29/h2-9H,10-13,25H2,1H3,(H,28,29). The topological polar surface area (TPSA) is 92.9 Å².